The highest BCUT2D eigenvalue weighted by Crippen LogP contribution is 2.20. The van der Waals surface area contributed by atoms with Crippen LogP contribution in [-0.4, -0.2) is 17.1 Å². The minimum Gasteiger partial charge on any atom is -0.481 e. The molecule has 2 aromatic heterocycles. The molecule has 2 N–H and O–H groups in total. The van der Waals surface area contributed by atoms with E-state index in [-0.39, 0.29) is 0 Å². The summed E-state index contributed by atoms with van der Waals surface area (Å²) in [6.07, 6.45) is 3.42. The Balaban J connectivity index is 2.37. The lowest BCUT2D eigenvalue weighted by Gasteiger charge is -2.03. The largest absolute Gasteiger partial charge is 0.481 e. The van der Waals surface area contributed by atoms with Crippen LogP contribution in [0.2, 0.25) is 0 Å². The molecule has 76 valence electrons. The number of anilines is 1. The molecule has 0 spiro atoms. The highest BCUT2D eigenvalue weighted by Gasteiger charge is 1.99. The van der Waals surface area contributed by atoms with Gasteiger partial charge in [-0.05, 0) is 23.8 Å². The number of hydrogen-bond donors (Lipinski definition) is 1. The maximum Gasteiger partial charge on any atom is 0.212 e. The molecule has 2 heterocycles. The SMILES string of the molecule is COc1ccc(-c2ccnc(N)c2)cn1. The summed E-state index contributed by atoms with van der Waals surface area (Å²) in [4.78, 5) is 8.05. The van der Waals surface area contributed by atoms with E-state index in [1.807, 2.05) is 24.3 Å². The Morgan fingerprint density at radius 3 is 2.60 bits per heavy atom. The molecule has 0 aromatic carbocycles. The topological polar surface area (TPSA) is 61.0 Å². The lowest BCUT2D eigenvalue weighted by molar-refractivity contribution is 0.398. The van der Waals surface area contributed by atoms with Crippen LogP contribution in [0.5, 0.6) is 5.88 Å². The van der Waals surface area contributed by atoms with Gasteiger partial charge in [-0.25, -0.2) is 9.97 Å². The smallest absolute Gasteiger partial charge is 0.212 e. The van der Waals surface area contributed by atoms with Gasteiger partial charge in [-0.15, -0.1) is 0 Å². The molecule has 4 nitrogen and oxygen atoms in total. The van der Waals surface area contributed by atoms with Gasteiger partial charge >= 0.3 is 0 Å². The zero-order valence-corrected chi connectivity index (χ0v) is 8.34. The predicted molar refractivity (Wildman–Crippen MR) is 58.4 cm³/mol. The van der Waals surface area contributed by atoms with E-state index >= 15 is 0 Å². The number of aromatic nitrogens is 2. The first-order chi connectivity index (χ1) is 7.29. The quantitative estimate of drug-likeness (QED) is 0.803. The van der Waals surface area contributed by atoms with Crippen molar-refractivity contribution in [2.75, 3.05) is 12.8 Å². The molecule has 4 heteroatoms. The normalized spacial score (nSPS) is 9.93. The minimum atomic E-state index is 0.503. The summed E-state index contributed by atoms with van der Waals surface area (Å²) in [7, 11) is 1.59. The van der Waals surface area contributed by atoms with Crippen LogP contribution in [0.4, 0.5) is 5.82 Å². The highest BCUT2D eigenvalue weighted by atomic mass is 16.5. The Morgan fingerprint density at radius 1 is 1.13 bits per heavy atom. The zero-order valence-electron chi connectivity index (χ0n) is 8.34. The zero-order chi connectivity index (χ0) is 10.7. The molecule has 15 heavy (non-hydrogen) atoms. The van der Waals surface area contributed by atoms with Gasteiger partial charge in [0, 0.05) is 24.0 Å². The van der Waals surface area contributed by atoms with E-state index in [4.69, 9.17) is 10.5 Å². The number of pyridine rings is 2. The molecule has 0 saturated heterocycles. The van der Waals surface area contributed by atoms with Crippen molar-refractivity contribution in [3.8, 4) is 17.0 Å². The van der Waals surface area contributed by atoms with Gasteiger partial charge in [-0.1, -0.05) is 0 Å². The fourth-order valence-corrected chi connectivity index (χ4v) is 1.30. The summed E-state index contributed by atoms with van der Waals surface area (Å²) >= 11 is 0. The standard InChI is InChI=1S/C11H11N3O/c1-15-11-3-2-9(7-14-11)8-4-5-13-10(12)6-8/h2-7H,1H3,(H2,12,13). The number of nitrogens with zero attached hydrogens (tertiary/aromatic N) is 2. The predicted octanol–water partition coefficient (Wildman–Crippen LogP) is 1.73. The van der Waals surface area contributed by atoms with Crippen molar-refractivity contribution in [1.82, 2.24) is 9.97 Å². The van der Waals surface area contributed by atoms with Crippen molar-refractivity contribution < 1.29 is 4.74 Å². The van der Waals surface area contributed by atoms with Crippen LogP contribution in [-0.2, 0) is 0 Å². The molecule has 0 fully saturated rings. The maximum absolute atomic E-state index is 5.60. The first kappa shape index (κ1) is 9.45. The molecule has 0 unspecified atom stereocenters. The molecule has 0 amide bonds. The van der Waals surface area contributed by atoms with Crippen LogP contribution in [0.1, 0.15) is 0 Å². The van der Waals surface area contributed by atoms with Crippen molar-refractivity contribution in [3.63, 3.8) is 0 Å². The van der Waals surface area contributed by atoms with E-state index < -0.39 is 0 Å². The average molecular weight is 201 g/mol. The number of ether oxygens (including phenoxy) is 1. The lowest BCUT2D eigenvalue weighted by atomic mass is 10.1. The fraction of sp³-hybridized carbons (Fsp3) is 0.0909. The Labute approximate surface area is 87.7 Å². The van der Waals surface area contributed by atoms with Gasteiger partial charge in [0.05, 0.1) is 7.11 Å². The Hall–Kier alpha value is -2.10. The van der Waals surface area contributed by atoms with Crippen LogP contribution in [0, 0.1) is 0 Å². The van der Waals surface area contributed by atoms with Gasteiger partial charge in [0.15, 0.2) is 0 Å². The molecule has 0 aliphatic rings. The summed E-state index contributed by atoms with van der Waals surface area (Å²) < 4.78 is 4.98. The monoisotopic (exact) mass is 201 g/mol. The molecule has 0 bridgehead atoms. The third kappa shape index (κ3) is 2.04. The summed E-state index contributed by atoms with van der Waals surface area (Å²) in [5.41, 5.74) is 7.58. The van der Waals surface area contributed by atoms with Gasteiger partial charge < -0.3 is 10.5 Å². The van der Waals surface area contributed by atoms with Gasteiger partial charge in [0.25, 0.3) is 0 Å². The van der Waals surface area contributed by atoms with Crippen molar-refractivity contribution in [2.45, 2.75) is 0 Å². The Bertz CT molecular complexity index is 454. The fourth-order valence-electron chi connectivity index (χ4n) is 1.30. The van der Waals surface area contributed by atoms with Crippen LogP contribution in [0.15, 0.2) is 36.7 Å². The molecule has 0 radical (unpaired) electrons. The van der Waals surface area contributed by atoms with Crippen LogP contribution >= 0.6 is 0 Å². The second-order valence-corrected chi connectivity index (χ2v) is 3.06. The minimum absolute atomic E-state index is 0.503. The van der Waals surface area contributed by atoms with E-state index in [1.54, 1.807) is 19.5 Å². The number of nitrogens with two attached hydrogens (primary N) is 1. The van der Waals surface area contributed by atoms with E-state index in [0.717, 1.165) is 11.1 Å². The molecule has 0 saturated carbocycles. The van der Waals surface area contributed by atoms with Gasteiger partial charge in [-0.2, -0.15) is 0 Å². The van der Waals surface area contributed by atoms with E-state index in [0.29, 0.717) is 11.7 Å². The summed E-state index contributed by atoms with van der Waals surface area (Å²) in [5, 5.41) is 0. The van der Waals surface area contributed by atoms with E-state index in [9.17, 15) is 0 Å². The van der Waals surface area contributed by atoms with Gasteiger partial charge in [0.2, 0.25) is 5.88 Å². The van der Waals surface area contributed by atoms with Crippen LogP contribution in [0.3, 0.4) is 0 Å². The van der Waals surface area contributed by atoms with E-state index in [1.165, 1.54) is 0 Å². The second-order valence-electron chi connectivity index (χ2n) is 3.06. The number of rotatable bonds is 2. The lowest BCUT2D eigenvalue weighted by Crippen LogP contribution is -1.90. The molecule has 0 aliphatic heterocycles. The molecule has 0 atom stereocenters. The van der Waals surface area contributed by atoms with Gasteiger partial charge in [0.1, 0.15) is 5.82 Å². The van der Waals surface area contributed by atoms with Crippen LogP contribution in [0.25, 0.3) is 11.1 Å². The van der Waals surface area contributed by atoms with Crippen molar-refractivity contribution in [1.29, 1.82) is 0 Å². The first-order valence-corrected chi connectivity index (χ1v) is 4.51. The number of hydrogen-bond acceptors (Lipinski definition) is 4. The van der Waals surface area contributed by atoms with Crippen LogP contribution < -0.4 is 10.5 Å². The summed E-state index contributed by atoms with van der Waals surface area (Å²) in [6, 6.07) is 7.44. The number of methoxy groups -OCH3 is 1. The number of nitrogen functional groups attached to an aromatic ring is 1. The molecular weight excluding hydrogens is 190 g/mol. The van der Waals surface area contributed by atoms with Crippen molar-refractivity contribution in [3.05, 3.63) is 36.7 Å². The van der Waals surface area contributed by atoms with E-state index in [2.05, 4.69) is 9.97 Å². The maximum atomic E-state index is 5.60. The Morgan fingerprint density at radius 2 is 2.00 bits per heavy atom. The van der Waals surface area contributed by atoms with Crippen molar-refractivity contribution >= 4 is 5.82 Å². The van der Waals surface area contributed by atoms with Crippen molar-refractivity contribution in [2.24, 2.45) is 0 Å². The molecule has 2 aromatic rings. The Kier molecular flexibility index (Phi) is 2.49. The van der Waals surface area contributed by atoms with Gasteiger partial charge in [-0.3, -0.25) is 0 Å². The highest BCUT2D eigenvalue weighted by molar-refractivity contribution is 5.64. The second kappa shape index (κ2) is 3.96. The average Bonchev–Trinajstić information content (AvgIpc) is 2.29. The summed E-state index contributed by atoms with van der Waals surface area (Å²) in [5.74, 6) is 1.10. The third-order valence-electron chi connectivity index (χ3n) is 2.06. The summed E-state index contributed by atoms with van der Waals surface area (Å²) in [6.45, 7) is 0. The third-order valence-corrected chi connectivity index (χ3v) is 2.06. The molecule has 0 aliphatic carbocycles. The molecular formula is C11H11N3O. The first-order valence-electron chi connectivity index (χ1n) is 4.51. The molecule has 2 rings (SSSR count).